The van der Waals surface area contributed by atoms with Crippen molar-refractivity contribution in [2.75, 3.05) is 0 Å². The van der Waals surface area contributed by atoms with E-state index in [2.05, 4.69) is 48.5 Å². The van der Waals surface area contributed by atoms with Crippen LogP contribution in [-0.2, 0) is 0 Å². The Morgan fingerprint density at radius 1 is 1.25 bits per heavy atom. The lowest BCUT2D eigenvalue weighted by atomic mass is 9.70. The van der Waals surface area contributed by atoms with E-state index in [1.54, 1.807) is 0 Å². The van der Waals surface area contributed by atoms with Gasteiger partial charge in [-0.15, -0.1) is 0 Å². The van der Waals surface area contributed by atoms with Gasteiger partial charge >= 0.3 is 0 Å². The third-order valence-corrected chi connectivity index (χ3v) is 6.84. The van der Waals surface area contributed by atoms with E-state index in [-0.39, 0.29) is 0 Å². The second kappa shape index (κ2) is 3.27. The summed E-state index contributed by atoms with van der Waals surface area (Å²) in [7, 11) is 0. The van der Waals surface area contributed by atoms with Crippen LogP contribution in [0.25, 0.3) is 0 Å². The van der Waals surface area contributed by atoms with Crippen LogP contribution in [0.4, 0.5) is 0 Å². The van der Waals surface area contributed by atoms with E-state index < -0.39 is 0 Å². The Morgan fingerprint density at radius 3 is 2.06 bits per heavy atom. The van der Waals surface area contributed by atoms with Crippen molar-refractivity contribution < 1.29 is 0 Å². The van der Waals surface area contributed by atoms with Crippen LogP contribution in [0, 0.1) is 34.0 Å². The molecule has 16 heavy (non-hydrogen) atoms. The average molecular weight is 222 g/mol. The SMILES string of the molecule is CC(C)C(C)C(C)(C)CCC12CC1(C)C2C. The Balaban J connectivity index is 1.87. The topological polar surface area (TPSA) is 0 Å². The highest BCUT2D eigenvalue weighted by atomic mass is 14.9. The van der Waals surface area contributed by atoms with Gasteiger partial charge in [0.15, 0.2) is 0 Å². The van der Waals surface area contributed by atoms with Crippen LogP contribution in [0.15, 0.2) is 0 Å². The Morgan fingerprint density at radius 2 is 1.75 bits per heavy atom. The quantitative estimate of drug-likeness (QED) is 0.605. The molecule has 0 heteroatoms. The van der Waals surface area contributed by atoms with Gasteiger partial charge in [-0.1, -0.05) is 48.5 Å². The fourth-order valence-electron chi connectivity index (χ4n) is 4.16. The van der Waals surface area contributed by atoms with E-state index in [9.17, 15) is 0 Å². The largest absolute Gasteiger partial charge is 0.0625 e. The van der Waals surface area contributed by atoms with Crippen molar-refractivity contribution >= 4 is 0 Å². The second-order valence-electron chi connectivity index (χ2n) is 7.99. The monoisotopic (exact) mass is 222 g/mol. The average Bonchev–Trinajstić information content (AvgIpc) is 2.96. The first kappa shape index (κ1) is 12.5. The normalized spacial score (nSPS) is 43.1. The minimum Gasteiger partial charge on any atom is -0.0625 e. The van der Waals surface area contributed by atoms with E-state index in [1.807, 2.05) is 0 Å². The van der Waals surface area contributed by atoms with Gasteiger partial charge in [-0.3, -0.25) is 0 Å². The summed E-state index contributed by atoms with van der Waals surface area (Å²) >= 11 is 0. The van der Waals surface area contributed by atoms with Gasteiger partial charge in [0.2, 0.25) is 0 Å². The molecule has 0 radical (unpaired) electrons. The van der Waals surface area contributed by atoms with E-state index in [0.29, 0.717) is 5.41 Å². The first-order valence-electron chi connectivity index (χ1n) is 7.17. The van der Waals surface area contributed by atoms with E-state index in [0.717, 1.165) is 28.6 Å². The molecule has 0 spiro atoms. The van der Waals surface area contributed by atoms with Gasteiger partial charge < -0.3 is 0 Å². The van der Waals surface area contributed by atoms with Crippen LogP contribution in [0.3, 0.4) is 0 Å². The van der Waals surface area contributed by atoms with Crippen molar-refractivity contribution in [3.63, 3.8) is 0 Å². The van der Waals surface area contributed by atoms with Crippen molar-refractivity contribution in [3.8, 4) is 0 Å². The van der Waals surface area contributed by atoms with Gasteiger partial charge in [0.05, 0.1) is 0 Å². The lowest BCUT2D eigenvalue weighted by Gasteiger charge is -2.35. The Labute approximate surface area is 102 Å². The van der Waals surface area contributed by atoms with Gasteiger partial charge in [-0.25, -0.2) is 0 Å². The van der Waals surface area contributed by atoms with Gasteiger partial charge in [0, 0.05) is 0 Å². The first-order chi connectivity index (χ1) is 7.17. The van der Waals surface area contributed by atoms with E-state index in [4.69, 9.17) is 0 Å². The van der Waals surface area contributed by atoms with Gasteiger partial charge in [-0.2, -0.15) is 0 Å². The van der Waals surface area contributed by atoms with Crippen molar-refractivity contribution in [2.24, 2.45) is 34.0 Å². The number of hydrogen-bond donors (Lipinski definition) is 0. The zero-order valence-corrected chi connectivity index (χ0v) is 12.4. The summed E-state index contributed by atoms with van der Waals surface area (Å²) in [6, 6.07) is 0. The first-order valence-corrected chi connectivity index (χ1v) is 7.17. The fraction of sp³-hybridized carbons (Fsp3) is 1.00. The Hall–Kier alpha value is 0. The molecule has 0 aliphatic heterocycles. The summed E-state index contributed by atoms with van der Waals surface area (Å²) in [4.78, 5) is 0. The number of rotatable bonds is 5. The molecule has 2 aliphatic rings. The van der Waals surface area contributed by atoms with Gasteiger partial charge in [-0.05, 0) is 53.3 Å². The van der Waals surface area contributed by atoms with Gasteiger partial charge in [0.25, 0.3) is 0 Å². The predicted octanol–water partition coefficient (Wildman–Crippen LogP) is 5.13. The van der Waals surface area contributed by atoms with Crippen LogP contribution in [0.2, 0.25) is 0 Å². The summed E-state index contributed by atoms with van der Waals surface area (Å²) < 4.78 is 0. The van der Waals surface area contributed by atoms with Crippen molar-refractivity contribution in [3.05, 3.63) is 0 Å². The second-order valence-corrected chi connectivity index (χ2v) is 7.99. The summed E-state index contributed by atoms with van der Waals surface area (Å²) in [5.41, 5.74) is 2.08. The minimum atomic E-state index is 0.523. The highest BCUT2D eigenvalue weighted by Crippen LogP contribution is 2.91. The molecule has 0 heterocycles. The van der Waals surface area contributed by atoms with Gasteiger partial charge in [0.1, 0.15) is 0 Å². The standard InChI is InChI=1S/C16H30/c1-11(2)12(3)14(5,6)8-9-16-10-15(16,7)13(16)4/h11-13H,8-10H2,1-7H3. The molecule has 2 rings (SSSR count). The highest BCUT2D eigenvalue weighted by molar-refractivity contribution is 5.32. The maximum Gasteiger partial charge on any atom is -0.0204 e. The summed E-state index contributed by atoms with van der Waals surface area (Å²) in [5.74, 6) is 2.67. The molecular formula is C16H30. The summed E-state index contributed by atoms with van der Waals surface area (Å²) in [6.45, 7) is 17.1. The Bertz CT molecular complexity index is 288. The lowest BCUT2D eigenvalue weighted by Crippen LogP contribution is -2.26. The zero-order chi connectivity index (χ0) is 12.4. The molecule has 94 valence electrons. The fourth-order valence-corrected chi connectivity index (χ4v) is 4.16. The maximum atomic E-state index is 2.50. The Kier molecular flexibility index (Phi) is 2.54. The molecule has 0 aromatic carbocycles. The van der Waals surface area contributed by atoms with E-state index in [1.165, 1.54) is 19.3 Å². The predicted molar refractivity (Wildman–Crippen MR) is 71.3 cm³/mol. The lowest BCUT2D eigenvalue weighted by molar-refractivity contribution is 0.149. The van der Waals surface area contributed by atoms with Crippen LogP contribution in [0.5, 0.6) is 0 Å². The van der Waals surface area contributed by atoms with Crippen molar-refractivity contribution in [2.45, 2.75) is 67.7 Å². The molecule has 0 aromatic rings. The van der Waals surface area contributed by atoms with Crippen LogP contribution >= 0.6 is 0 Å². The zero-order valence-electron chi connectivity index (χ0n) is 12.4. The van der Waals surface area contributed by atoms with Crippen LogP contribution < -0.4 is 0 Å². The highest BCUT2D eigenvalue weighted by Gasteiger charge is 2.84. The molecule has 0 amide bonds. The molecular weight excluding hydrogens is 192 g/mol. The third kappa shape index (κ3) is 1.48. The molecule has 0 N–H and O–H groups in total. The van der Waals surface area contributed by atoms with Crippen LogP contribution in [0.1, 0.15) is 67.7 Å². The molecule has 0 bridgehead atoms. The van der Waals surface area contributed by atoms with Crippen molar-refractivity contribution in [1.82, 2.24) is 0 Å². The maximum absolute atomic E-state index is 2.50. The molecule has 2 saturated carbocycles. The molecule has 0 saturated heterocycles. The molecule has 2 aliphatic carbocycles. The van der Waals surface area contributed by atoms with Crippen LogP contribution in [-0.4, -0.2) is 0 Å². The van der Waals surface area contributed by atoms with E-state index >= 15 is 0 Å². The molecule has 0 aromatic heterocycles. The summed E-state index contributed by atoms with van der Waals surface area (Å²) in [5, 5.41) is 0. The smallest absolute Gasteiger partial charge is 0.0204 e. The summed E-state index contributed by atoms with van der Waals surface area (Å²) in [6.07, 6.45) is 4.42. The minimum absolute atomic E-state index is 0.523. The molecule has 2 fully saturated rings. The van der Waals surface area contributed by atoms with Crippen molar-refractivity contribution in [1.29, 1.82) is 0 Å². The third-order valence-electron chi connectivity index (χ3n) is 6.84. The molecule has 4 unspecified atom stereocenters. The molecule has 4 atom stereocenters. The number of fused-ring (bicyclic) bond motifs is 1. The molecule has 0 nitrogen and oxygen atoms in total. The number of hydrogen-bond acceptors (Lipinski definition) is 0.